The molecule has 0 fully saturated rings. The quantitative estimate of drug-likeness (QED) is 0.603. The molecule has 0 saturated heterocycles. The lowest BCUT2D eigenvalue weighted by Gasteiger charge is -2.07. The maximum Gasteiger partial charge on any atom is 0.259 e. The molecular formula is C13H18N4O3S. The SMILES string of the molecule is Cc1nc(S(=O)(=O)NCCOc2ccc(N)cc2)cn1C. The second-order valence-electron chi connectivity index (χ2n) is 4.55. The summed E-state index contributed by atoms with van der Waals surface area (Å²) >= 11 is 0. The van der Waals surface area contributed by atoms with E-state index in [2.05, 4.69) is 9.71 Å². The fourth-order valence-electron chi connectivity index (χ4n) is 1.64. The molecular weight excluding hydrogens is 292 g/mol. The van der Waals surface area contributed by atoms with Crippen LogP contribution >= 0.6 is 0 Å². The molecule has 0 radical (unpaired) electrons. The van der Waals surface area contributed by atoms with E-state index in [0.717, 1.165) is 0 Å². The number of imidazole rings is 1. The average molecular weight is 310 g/mol. The van der Waals surface area contributed by atoms with Crippen LogP contribution in [0.1, 0.15) is 5.82 Å². The van der Waals surface area contributed by atoms with E-state index < -0.39 is 10.0 Å². The Balaban J connectivity index is 1.86. The number of nitrogen functional groups attached to an aromatic ring is 1. The summed E-state index contributed by atoms with van der Waals surface area (Å²) in [5.74, 6) is 1.27. The Hall–Kier alpha value is -2.06. The third kappa shape index (κ3) is 3.96. The van der Waals surface area contributed by atoms with Crippen LogP contribution in [0.15, 0.2) is 35.5 Å². The second-order valence-corrected chi connectivity index (χ2v) is 6.27. The zero-order valence-electron chi connectivity index (χ0n) is 11.9. The van der Waals surface area contributed by atoms with Crippen LogP contribution in [0.3, 0.4) is 0 Å². The molecule has 0 atom stereocenters. The van der Waals surface area contributed by atoms with E-state index in [9.17, 15) is 8.42 Å². The Labute approximate surface area is 123 Å². The molecule has 8 heteroatoms. The van der Waals surface area contributed by atoms with Gasteiger partial charge in [0, 0.05) is 25.5 Å². The summed E-state index contributed by atoms with van der Waals surface area (Å²) in [5.41, 5.74) is 6.21. The Morgan fingerprint density at radius 1 is 1.33 bits per heavy atom. The van der Waals surface area contributed by atoms with Crippen LogP contribution < -0.4 is 15.2 Å². The zero-order valence-corrected chi connectivity index (χ0v) is 12.7. The minimum atomic E-state index is -3.61. The highest BCUT2D eigenvalue weighted by Crippen LogP contribution is 2.12. The van der Waals surface area contributed by atoms with Crippen molar-refractivity contribution in [2.24, 2.45) is 7.05 Å². The van der Waals surface area contributed by atoms with Gasteiger partial charge in [0.2, 0.25) is 0 Å². The second kappa shape index (κ2) is 6.15. The van der Waals surface area contributed by atoms with Gasteiger partial charge in [-0.2, -0.15) is 0 Å². The molecule has 0 bridgehead atoms. The molecule has 7 nitrogen and oxygen atoms in total. The van der Waals surface area contributed by atoms with Gasteiger partial charge in [-0.15, -0.1) is 0 Å². The van der Waals surface area contributed by atoms with Crippen LogP contribution in [0.2, 0.25) is 0 Å². The van der Waals surface area contributed by atoms with Crippen LogP contribution in [0, 0.1) is 6.92 Å². The van der Waals surface area contributed by atoms with Crippen molar-refractivity contribution < 1.29 is 13.2 Å². The smallest absolute Gasteiger partial charge is 0.259 e. The van der Waals surface area contributed by atoms with Crippen molar-refractivity contribution in [3.05, 3.63) is 36.3 Å². The average Bonchev–Trinajstić information content (AvgIpc) is 2.78. The lowest BCUT2D eigenvalue weighted by molar-refractivity contribution is 0.323. The molecule has 1 heterocycles. The fraction of sp³-hybridized carbons (Fsp3) is 0.308. The largest absolute Gasteiger partial charge is 0.492 e. The number of nitrogens with two attached hydrogens (primary N) is 1. The molecule has 0 unspecified atom stereocenters. The van der Waals surface area contributed by atoms with Crippen molar-refractivity contribution in [1.29, 1.82) is 0 Å². The highest BCUT2D eigenvalue weighted by atomic mass is 32.2. The molecule has 0 aliphatic heterocycles. The number of ether oxygens (including phenoxy) is 1. The molecule has 1 aromatic carbocycles. The van der Waals surface area contributed by atoms with Gasteiger partial charge in [0.05, 0.1) is 0 Å². The molecule has 0 amide bonds. The summed E-state index contributed by atoms with van der Waals surface area (Å²) in [6, 6.07) is 6.89. The molecule has 114 valence electrons. The van der Waals surface area contributed by atoms with E-state index in [1.54, 1.807) is 42.8 Å². The molecule has 2 rings (SSSR count). The molecule has 0 aliphatic carbocycles. The van der Waals surface area contributed by atoms with Crippen LogP contribution in [0.5, 0.6) is 5.75 Å². The van der Waals surface area contributed by atoms with Crippen LogP contribution in [-0.2, 0) is 17.1 Å². The van der Waals surface area contributed by atoms with Gasteiger partial charge < -0.3 is 15.0 Å². The summed E-state index contributed by atoms with van der Waals surface area (Å²) in [7, 11) is -1.86. The number of hydrogen-bond acceptors (Lipinski definition) is 5. The van der Waals surface area contributed by atoms with Crippen molar-refractivity contribution in [2.45, 2.75) is 11.9 Å². The highest BCUT2D eigenvalue weighted by Gasteiger charge is 2.17. The Morgan fingerprint density at radius 2 is 2.00 bits per heavy atom. The lowest BCUT2D eigenvalue weighted by Crippen LogP contribution is -2.28. The van der Waals surface area contributed by atoms with E-state index >= 15 is 0 Å². The number of nitrogens with zero attached hydrogens (tertiary/aromatic N) is 2. The number of sulfonamides is 1. The van der Waals surface area contributed by atoms with Gasteiger partial charge in [-0.25, -0.2) is 18.1 Å². The number of aromatic nitrogens is 2. The normalized spacial score (nSPS) is 11.5. The molecule has 0 saturated carbocycles. The number of aryl methyl sites for hydroxylation is 2. The Morgan fingerprint density at radius 3 is 2.57 bits per heavy atom. The lowest BCUT2D eigenvalue weighted by atomic mass is 10.3. The monoisotopic (exact) mass is 310 g/mol. The van der Waals surface area contributed by atoms with Gasteiger partial charge in [-0.3, -0.25) is 0 Å². The standard InChI is InChI=1S/C13H18N4O3S/c1-10-16-13(9-17(10)2)21(18,19)15-7-8-20-12-5-3-11(14)4-6-12/h3-6,9,15H,7-8,14H2,1-2H3. The first-order valence-electron chi connectivity index (χ1n) is 6.36. The zero-order chi connectivity index (χ0) is 15.5. The van der Waals surface area contributed by atoms with Gasteiger partial charge in [0.1, 0.15) is 18.2 Å². The number of rotatable bonds is 6. The van der Waals surface area contributed by atoms with Gasteiger partial charge in [0.15, 0.2) is 5.03 Å². The summed E-state index contributed by atoms with van der Waals surface area (Å²) < 4.78 is 33.5. The first-order valence-corrected chi connectivity index (χ1v) is 7.85. The number of hydrogen-bond donors (Lipinski definition) is 2. The summed E-state index contributed by atoms with van der Waals surface area (Å²) in [5, 5.41) is 0.00925. The first kappa shape index (κ1) is 15.3. The highest BCUT2D eigenvalue weighted by molar-refractivity contribution is 7.89. The van der Waals surface area contributed by atoms with E-state index in [4.69, 9.17) is 10.5 Å². The van der Waals surface area contributed by atoms with Crippen molar-refractivity contribution >= 4 is 15.7 Å². The molecule has 0 spiro atoms. The van der Waals surface area contributed by atoms with Gasteiger partial charge >= 0.3 is 0 Å². The molecule has 21 heavy (non-hydrogen) atoms. The van der Waals surface area contributed by atoms with Crippen LogP contribution in [0.4, 0.5) is 5.69 Å². The van der Waals surface area contributed by atoms with Crippen molar-refractivity contribution in [2.75, 3.05) is 18.9 Å². The van der Waals surface area contributed by atoms with Crippen molar-refractivity contribution in [3.63, 3.8) is 0 Å². The van der Waals surface area contributed by atoms with E-state index in [0.29, 0.717) is 17.3 Å². The predicted molar refractivity (Wildman–Crippen MR) is 79.5 cm³/mol. The summed E-state index contributed by atoms with van der Waals surface area (Å²) in [6.07, 6.45) is 1.47. The number of nitrogens with one attached hydrogen (secondary N) is 1. The molecule has 1 aromatic heterocycles. The van der Waals surface area contributed by atoms with E-state index in [1.165, 1.54) is 6.20 Å². The fourth-order valence-corrected chi connectivity index (χ4v) is 2.69. The van der Waals surface area contributed by atoms with Crippen LogP contribution in [0.25, 0.3) is 0 Å². The third-order valence-corrected chi connectivity index (χ3v) is 4.24. The van der Waals surface area contributed by atoms with E-state index in [-0.39, 0.29) is 18.2 Å². The van der Waals surface area contributed by atoms with Gasteiger partial charge in [0.25, 0.3) is 10.0 Å². The molecule has 0 aliphatic rings. The maximum absolute atomic E-state index is 12.0. The van der Waals surface area contributed by atoms with Crippen molar-refractivity contribution in [1.82, 2.24) is 14.3 Å². The van der Waals surface area contributed by atoms with Gasteiger partial charge in [-0.05, 0) is 31.2 Å². The number of benzene rings is 1. The topological polar surface area (TPSA) is 99.2 Å². The first-order chi connectivity index (χ1) is 9.88. The summed E-state index contributed by atoms with van der Waals surface area (Å²) in [6.45, 7) is 2.11. The minimum Gasteiger partial charge on any atom is -0.492 e. The Bertz CT molecular complexity index is 688. The molecule has 2 aromatic rings. The summed E-state index contributed by atoms with van der Waals surface area (Å²) in [4.78, 5) is 3.99. The van der Waals surface area contributed by atoms with Crippen molar-refractivity contribution in [3.8, 4) is 5.75 Å². The predicted octanol–water partition coefficient (Wildman–Crippen LogP) is 0.668. The number of anilines is 1. The van der Waals surface area contributed by atoms with E-state index in [1.807, 2.05) is 0 Å². The molecule has 3 N–H and O–H groups in total. The minimum absolute atomic E-state index is 0.00925. The third-order valence-electron chi connectivity index (χ3n) is 2.90. The maximum atomic E-state index is 12.0. The Kier molecular flexibility index (Phi) is 4.49. The van der Waals surface area contributed by atoms with Gasteiger partial charge in [-0.1, -0.05) is 0 Å². The van der Waals surface area contributed by atoms with Crippen LogP contribution in [-0.4, -0.2) is 31.1 Å².